The van der Waals surface area contributed by atoms with Crippen LogP contribution >= 0.6 is 23.1 Å². The maximum absolute atomic E-state index is 12.7. The lowest BCUT2D eigenvalue weighted by Crippen LogP contribution is -2.15. The molecule has 0 saturated carbocycles. The van der Waals surface area contributed by atoms with Gasteiger partial charge >= 0.3 is 0 Å². The molecule has 0 fully saturated rings. The Bertz CT molecular complexity index is 1340. The van der Waals surface area contributed by atoms with Crippen LogP contribution in [0.4, 0.5) is 5.13 Å². The SMILES string of the molecule is C=CCn1c(SCC(=O)Nc2nc(-c3ccccc3)c(C)s2)nnc1C(C)Oc1ccccc1OC. The van der Waals surface area contributed by atoms with E-state index in [4.69, 9.17) is 9.47 Å². The van der Waals surface area contributed by atoms with Crippen LogP contribution in [0.1, 0.15) is 23.7 Å². The van der Waals surface area contributed by atoms with Gasteiger partial charge in [-0.15, -0.1) is 28.1 Å². The number of allylic oxidation sites excluding steroid dienone is 1. The normalized spacial score (nSPS) is 11.6. The standard InChI is InChI=1S/C26H27N5O3S2/c1-5-15-31-24(17(2)34-21-14-10-9-13-20(21)33-4)29-30-26(31)35-16-22(32)27-25-28-23(18(3)36-25)19-11-7-6-8-12-19/h5-14,17H,1,15-16H2,2-4H3,(H,27,28,32). The van der Waals surface area contributed by atoms with E-state index in [2.05, 4.69) is 27.1 Å². The van der Waals surface area contributed by atoms with E-state index >= 15 is 0 Å². The second-order valence-corrected chi connectivity index (χ2v) is 9.92. The third kappa shape index (κ3) is 5.95. The van der Waals surface area contributed by atoms with Gasteiger partial charge in [-0.25, -0.2) is 4.98 Å². The fourth-order valence-corrected chi connectivity index (χ4v) is 5.17. The van der Waals surface area contributed by atoms with E-state index in [-0.39, 0.29) is 11.7 Å². The number of carbonyl (C=O) groups is 1. The maximum atomic E-state index is 12.7. The van der Waals surface area contributed by atoms with Gasteiger partial charge < -0.3 is 14.8 Å². The van der Waals surface area contributed by atoms with Crippen LogP contribution in [0.2, 0.25) is 0 Å². The van der Waals surface area contributed by atoms with Gasteiger partial charge in [0.15, 0.2) is 33.7 Å². The quantitative estimate of drug-likeness (QED) is 0.198. The lowest BCUT2D eigenvalue weighted by molar-refractivity contribution is -0.113. The van der Waals surface area contributed by atoms with Gasteiger partial charge in [0.1, 0.15) is 0 Å². The highest BCUT2D eigenvalue weighted by molar-refractivity contribution is 7.99. The summed E-state index contributed by atoms with van der Waals surface area (Å²) in [5.74, 6) is 1.88. The Labute approximate surface area is 218 Å². The first-order chi connectivity index (χ1) is 17.5. The first-order valence-electron chi connectivity index (χ1n) is 11.3. The molecule has 0 bridgehead atoms. The number of aromatic nitrogens is 4. The average molecular weight is 522 g/mol. The van der Waals surface area contributed by atoms with Crippen molar-refractivity contribution in [1.29, 1.82) is 0 Å². The van der Waals surface area contributed by atoms with E-state index in [0.717, 1.165) is 16.1 Å². The van der Waals surface area contributed by atoms with Crippen molar-refractivity contribution in [2.75, 3.05) is 18.2 Å². The summed E-state index contributed by atoms with van der Waals surface area (Å²) < 4.78 is 13.4. The highest BCUT2D eigenvalue weighted by Crippen LogP contribution is 2.32. The smallest absolute Gasteiger partial charge is 0.236 e. The van der Waals surface area contributed by atoms with Crippen molar-refractivity contribution in [2.24, 2.45) is 0 Å². The highest BCUT2D eigenvalue weighted by atomic mass is 32.2. The molecule has 0 radical (unpaired) electrons. The number of anilines is 1. The molecule has 0 saturated heterocycles. The van der Waals surface area contributed by atoms with Gasteiger partial charge in [-0.2, -0.15) is 0 Å². The minimum atomic E-state index is -0.397. The number of carbonyl (C=O) groups excluding carboxylic acids is 1. The summed E-state index contributed by atoms with van der Waals surface area (Å²) in [6, 6.07) is 17.4. The van der Waals surface area contributed by atoms with Crippen LogP contribution in [0.25, 0.3) is 11.3 Å². The van der Waals surface area contributed by atoms with Crippen LogP contribution in [-0.4, -0.2) is 38.5 Å². The Hall–Kier alpha value is -3.63. The molecule has 2 aromatic carbocycles. The molecule has 1 atom stereocenters. The number of ether oxygens (including phenoxy) is 2. The Balaban J connectivity index is 1.42. The molecule has 36 heavy (non-hydrogen) atoms. The monoisotopic (exact) mass is 521 g/mol. The zero-order valence-corrected chi connectivity index (χ0v) is 21.9. The third-order valence-corrected chi connectivity index (χ3v) is 7.07. The molecule has 8 nitrogen and oxygen atoms in total. The number of hydrogen-bond donors (Lipinski definition) is 1. The van der Waals surface area contributed by atoms with Crippen LogP contribution in [0.15, 0.2) is 72.4 Å². The summed E-state index contributed by atoms with van der Waals surface area (Å²) in [5, 5.41) is 12.7. The molecule has 2 aromatic heterocycles. The number of para-hydroxylation sites is 2. The molecule has 4 aromatic rings. The first kappa shape index (κ1) is 25.5. The van der Waals surface area contributed by atoms with Gasteiger partial charge in [-0.1, -0.05) is 60.3 Å². The Kier molecular flexibility index (Phi) is 8.40. The van der Waals surface area contributed by atoms with Crippen molar-refractivity contribution in [2.45, 2.75) is 31.7 Å². The fourth-order valence-electron chi connectivity index (χ4n) is 3.57. The number of nitrogens with zero attached hydrogens (tertiary/aromatic N) is 4. The molecule has 186 valence electrons. The lowest BCUT2D eigenvalue weighted by Gasteiger charge is -2.17. The molecular formula is C26H27N5O3S2. The largest absolute Gasteiger partial charge is 0.493 e. The number of rotatable bonds is 11. The van der Waals surface area contributed by atoms with Gasteiger partial charge in [0.05, 0.1) is 18.6 Å². The van der Waals surface area contributed by atoms with Crippen LogP contribution in [0.5, 0.6) is 11.5 Å². The minimum absolute atomic E-state index is 0.163. The number of thiazole rings is 1. The van der Waals surface area contributed by atoms with Gasteiger partial charge in [0.2, 0.25) is 5.91 Å². The molecule has 0 aliphatic heterocycles. The predicted molar refractivity (Wildman–Crippen MR) is 144 cm³/mol. The second kappa shape index (κ2) is 11.9. The van der Waals surface area contributed by atoms with E-state index < -0.39 is 6.10 Å². The summed E-state index contributed by atoms with van der Waals surface area (Å²) in [7, 11) is 1.60. The van der Waals surface area contributed by atoms with E-state index in [9.17, 15) is 4.79 Å². The number of nitrogens with one attached hydrogen (secondary N) is 1. The van der Waals surface area contributed by atoms with Crippen molar-refractivity contribution in [3.63, 3.8) is 0 Å². The van der Waals surface area contributed by atoms with Crippen molar-refractivity contribution >= 4 is 34.1 Å². The van der Waals surface area contributed by atoms with Gasteiger partial charge in [0, 0.05) is 17.0 Å². The fraction of sp³-hybridized carbons (Fsp3) is 0.231. The van der Waals surface area contributed by atoms with Crippen molar-refractivity contribution in [3.8, 4) is 22.8 Å². The van der Waals surface area contributed by atoms with Gasteiger partial charge in [0.25, 0.3) is 0 Å². The van der Waals surface area contributed by atoms with Crippen LogP contribution in [-0.2, 0) is 11.3 Å². The van der Waals surface area contributed by atoms with E-state index in [1.54, 1.807) is 13.2 Å². The zero-order chi connectivity index (χ0) is 25.5. The number of methoxy groups -OCH3 is 1. The van der Waals surface area contributed by atoms with Crippen LogP contribution < -0.4 is 14.8 Å². The molecule has 0 aliphatic carbocycles. The number of benzene rings is 2. The van der Waals surface area contributed by atoms with E-state index in [0.29, 0.717) is 34.2 Å². The zero-order valence-electron chi connectivity index (χ0n) is 20.3. The van der Waals surface area contributed by atoms with Crippen LogP contribution in [0.3, 0.4) is 0 Å². The van der Waals surface area contributed by atoms with E-state index in [1.165, 1.54) is 23.1 Å². The summed E-state index contributed by atoms with van der Waals surface area (Å²) in [4.78, 5) is 18.3. The van der Waals surface area contributed by atoms with Gasteiger partial charge in [-0.05, 0) is 26.0 Å². The van der Waals surface area contributed by atoms with Crippen molar-refractivity contribution in [3.05, 3.63) is 78.0 Å². The number of hydrogen-bond acceptors (Lipinski definition) is 8. The van der Waals surface area contributed by atoms with Crippen LogP contribution in [0, 0.1) is 6.92 Å². The first-order valence-corrected chi connectivity index (χ1v) is 13.1. The number of aryl methyl sites for hydroxylation is 1. The summed E-state index contributed by atoms with van der Waals surface area (Å²) in [6.07, 6.45) is 1.36. The second-order valence-electron chi connectivity index (χ2n) is 7.78. The number of amides is 1. The van der Waals surface area contributed by atoms with E-state index in [1.807, 2.05) is 73.0 Å². The Morgan fingerprint density at radius 3 is 2.61 bits per heavy atom. The molecule has 10 heteroatoms. The molecule has 0 aliphatic rings. The minimum Gasteiger partial charge on any atom is -0.493 e. The predicted octanol–water partition coefficient (Wildman–Crippen LogP) is 5.78. The summed E-state index contributed by atoms with van der Waals surface area (Å²) in [6.45, 7) is 8.22. The third-order valence-electron chi connectivity index (χ3n) is 5.22. The maximum Gasteiger partial charge on any atom is 0.236 e. The highest BCUT2D eigenvalue weighted by Gasteiger charge is 2.21. The molecule has 0 spiro atoms. The molecule has 4 rings (SSSR count). The molecular weight excluding hydrogens is 494 g/mol. The molecule has 1 amide bonds. The molecule has 1 N–H and O–H groups in total. The molecule has 1 unspecified atom stereocenters. The topological polar surface area (TPSA) is 91.2 Å². The Morgan fingerprint density at radius 1 is 1.17 bits per heavy atom. The number of thioether (sulfide) groups is 1. The summed E-state index contributed by atoms with van der Waals surface area (Å²) in [5.41, 5.74) is 1.90. The average Bonchev–Trinajstić information content (AvgIpc) is 3.46. The van der Waals surface area contributed by atoms with Crippen molar-refractivity contribution < 1.29 is 14.3 Å². The molecule has 2 heterocycles. The Morgan fingerprint density at radius 2 is 1.89 bits per heavy atom. The summed E-state index contributed by atoms with van der Waals surface area (Å²) >= 11 is 2.76. The van der Waals surface area contributed by atoms with Gasteiger partial charge in [-0.3, -0.25) is 9.36 Å². The lowest BCUT2D eigenvalue weighted by atomic mass is 10.1. The van der Waals surface area contributed by atoms with Crippen molar-refractivity contribution in [1.82, 2.24) is 19.7 Å².